The molecule has 0 fully saturated rings. The molecule has 0 bridgehead atoms. The van der Waals surface area contributed by atoms with Crippen molar-refractivity contribution < 1.29 is 5.11 Å². The van der Waals surface area contributed by atoms with Crippen LogP contribution < -0.4 is 0 Å². The summed E-state index contributed by atoms with van der Waals surface area (Å²) in [6.07, 6.45) is 1.68. The van der Waals surface area contributed by atoms with Gasteiger partial charge in [-0.3, -0.25) is 0 Å². The maximum atomic E-state index is 10.8. The highest BCUT2D eigenvalue weighted by Crippen LogP contribution is 2.36. The van der Waals surface area contributed by atoms with Crippen LogP contribution in [0.1, 0.15) is 0 Å². The lowest BCUT2D eigenvalue weighted by atomic mass is 10.1. The van der Waals surface area contributed by atoms with Crippen LogP contribution in [-0.2, 0) is 0 Å². The molecule has 0 aliphatic rings. The van der Waals surface area contributed by atoms with Gasteiger partial charge in [-0.05, 0) is 0 Å². The molecule has 0 saturated heterocycles. The Hall–Kier alpha value is -3.14. The van der Waals surface area contributed by atoms with Gasteiger partial charge in [-0.15, -0.1) is 0 Å². The summed E-state index contributed by atoms with van der Waals surface area (Å²) in [4.78, 5) is 4.54. The van der Waals surface area contributed by atoms with Gasteiger partial charge >= 0.3 is 0 Å². The number of fused-ring (bicyclic) bond motifs is 1. The topological polar surface area (TPSA) is 50.4 Å². The zero-order valence-corrected chi connectivity index (χ0v) is 11.7. The zero-order valence-electron chi connectivity index (χ0n) is 11.7. The molecule has 0 spiro atoms. The standard InChI is InChI=1S/C18H13N3O/c22-18-16(13-7-3-1-4-8-13)20-15-11-12-19-21(15)17(18)14-9-5-2-6-10-14/h1-12,22H. The van der Waals surface area contributed by atoms with Crippen molar-refractivity contribution in [2.24, 2.45) is 0 Å². The van der Waals surface area contributed by atoms with Crippen molar-refractivity contribution in [2.45, 2.75) is 0 Å². The van der Waals surface area contributed by atoms with E-state index in [1.165, 1.54) is 0 Å². The Kier molecular flexibility index (Phi) is 2.86. The third-order valence-electron chi connectivity index (χ3n) is 3.60. The van der Waals surface area contributed by atoms with Gasteiger partial charge in [-0.1, -0.05) is 60.7 Å². The van der Waals surface area contributed by atoms with Crippen LogP contribution in [0.15, 0.2) is 72.9 Å². The first kappa shape index (κ1) is 12.6. The van der Waals surface area contributed by atoms with Crippen molar-refractivity contribution in [3.63, 3.8) is 0 Å². The van der Waals surface area contributed by atoms with Gasteiger partial charge in [0.15, 0.2) is 11.4 Å². The van der Waals surface area contributed by atoms with Gasteiger partial charge in [0.25, 0.3) is 0 Å². The number of nitrogens with zero attached hydrogens (tertiary/aromatic N) is 3. The summed E-state index contributed by atoms with van der Waals surface area (Å²) in [5.41, 5.74) is 3.69. The number of hydrogen-bond acceptors (Lipinski definition) is 3. The molecule has 1 N–H and O–H groups in total. The lowest BCUT2D eigenvalue weighted by Gasteiger charge is -2.12. The van der Waals surface area contributed by atoms with Crippen LogP contribution in [0.5, 0.6) is 5.75 Å². The van der Waals surface area contributed by atoms with Crippen LogP contribution >= 0.6 is 0 Å². The van der Waals surface area contributed by atoms with Crippen LogP contribution in [0, 0.1) is 0 Å². The first-order valence-electron chi connectivity index (χ1n) is 7.02. The van der Waals surface area contributed by atoms with Crippen LogP contribution in [0.4, 0.5) is 0 Å². The van der Waals surface area contributed by atoms with Crippen LogP contribution in [-0.4, -0.2) is 19.7 Å². The first-order valence-corrected chi connectivity index (χ1v) is 7.02. The second-order valence-corrected chi connectivity index (χ2v) is 4.99. The molecule has 0 saturated carbocycles. The maximum Gasteiger partial charge on any atom is 0.168 e. The van der Waals surface area contributed by atoms with E-state index in [9.17, 15) is 5.11 Å². The predicted octanol–water partition coefficient (Wildman–Crippen LogP) is 3.77. The molecule has 0 unspecified atom stereocenters. The average molecular weight is 287 g/mol. The summed E-state index contributed by atoms with van der Waals surface area (Å²) >= 11 is 0. The fourth-order valence-corrected chi connectivity index (χ4v) is 2.59. The Labute approximate surface area is 127 Å². The second-order valence-electron chi connectivity index (χ2n) is 4.99. The molecule has 2 aromatic heterocycles. The van der Waals surface area contributed by atoms with Crippen molar-refractivity contribution >= 4 is 5.65 Å². The van der Waals surface area contributed by atoms with Gasteiger partial charge in [0, 0.05) is 17.2 Å². The second kappa shape index (κ2) is 5.00. The van der Waals surface area contributed by atoms with Gasteiger partial charge in [-0.2, -0.15) is 5.10 Å². The Bertz CT molecular complexity index is 931. The molecule has 4 nitrogen and oxygen atoms in total. The highest BCUT2D eigenvalue weighted by Gasteiger charge is 2.17. The first-order chi connectivity index (χ1) is 10.8. The molecule has 106 valence electrons. The highest BCUT2D eigenvalue weighted by molar-refractivity contribution is 5.79. The molecule has 4 rings (SSSR count). The Morgan fingerprint density at radius 3 is 2.09 bits per heavy atom. The minimum absolute atomic E-state index is 0.133. The minimum Gasteiger partial charge on any atom is -0.504 e. The number of aromatic hydroxyl groups is 1. The van der Waals surface area contributed by atoms with E-state index in [4.69, 9.17) is 0 Å². The fraction of sp³-hybridized carbons (Fsp3) is 0. The van der Waals surface area contributed by atoms with E-state index in [-0.39, 0.29) is 5.75 Å². The quantitative estimate of drug-likeness (QED) is 0.610. The molecule has 0 aliphatic carbocycles. The van der Waals surface area contributed by atoms with Crippen molar-refractivity contribution in [1.82, 2.24) is 14.6 Å². The summed E-state index contributed by atoms with van der Waals surface area (Å²) < 4.78 is 1.66. The van der Waals surface area contributed by atoms with Gasteiger partial charge < -0.3 is 5.11 Å². The van der Waals surface area contributed by atoms with E-state index in [0.29, 0.717) is 17.0 Å². The third-order valence-corrected chi connectivity index (χ3v) is 3.60. The van der Waals surface area contributed by atoms with Crippen LogP contribution in [0.25, 0.3) is 28.2 Å². The largest absolute Gasteiger partial charge is 0.504 e. The van der Waals surface area contributed by atoms with Crippen molar-refractivity contribution in [1.29, 1.82) is 0 Å². The molecule has 0 amide bonds. The Morgan fingerprint density at radius 2 is 1.41 bits per heavy atom. The van der Waals surface area contributed by atoms with E-state index in [0.717, 1.165) is 11.1 Å². The lowest BCUT2D eigenvalue weighted by molar-refractivity contribution is 0.473. The van der Waals surface area contributed by atoms with E-state index >= 15 is 0 Å². The predicted molar refractivity (Wildman–Crippen MR) is 85.5 cm³/mol. The van der Waals surface area contributed by atoms with Crippen LogP contribution in [0.3, 0.4) is 0 Å². The molecule has 0 atom stereocenters. The van der Waals surface area contributed by atoms with Gasteiger partial charge in [-0.25, -0.2) is 9.50 Å². The normalized spacial score (nSPS) is 10.9. The molecule has 22 heavy (non-hydrogen) atoms. The summed E-state index contributed by atoms with van der Waals surface area (Å²) in [5.74, 6) is 0.133. The summed E-state index contributed by atoms with van der Waals surface area (Å²) in [6, 6.07) is 21.2. The monoisotopic (exact) mass is 287 g/mol. The fourth-order valence-electron chi connectivity index (χ4n) is 2.59. The summed E-state index contributed by atoms with van der Waals surface area (Å²) in [7, 11) is 0. The van der Waals surface area contributed by atoms with Crippen LogP contribution in [0.2, 0.25) is 0 Å². The molecule has 2 heterocycles. The lowest BCUT2D eigenvalue weighted by Crippen LogP contribution is -1.99. The van der Waals surface area contributed by atoms with Gasteiger partial charge in [0.05, 0.1) is 6.20 Å². The van der Waals surface area contributed by atoms with Gasteiger partial charge in [0.1, 0.15) is 11.4 Å². The molecular weight excluding hydrogens is 274 g/mol. The molecule has 0 radical (unpaired) electrons. The molecule has 2 aromatic carbocycles. The smallest absolute Gasteiger partial charge is 0.168 e. The number of aromatic nitrogens is 3. The summed E-state index contributed by atoms with van der Waals surface area (Å²) in [5, 5.41) is 15.1. The maximum absolute atomic E-state index is 10.8. The van der Waals surface area contributed by atoms with Crippen molar-refractivity contribution in [3.05, 3.63) is 72.9 Å². The minimum atomic E-state index is 0.133. The van der Waals surface area contributed by atoms with Gasteiger partial charge in [0.2, 0.25) is 0 Å². The summed E-state index contributed by atoms with van der Waals surface area (Å²) in [6.45, 7) is 0. The Morgan fingerprint density at radius 1 is 0.773 bits per heavy atom. The van der Waals surface area contributed by atoms with Crippen molar-refractivity contribution in [2.75, 3.05) is 0 Å². The molecule has 4 heteroatoms. The molecule has 0 aliphatic heterocycles. The number of benzene rings is 2. The number of rotatable bonds is 2. The Balaban J connectivity index is 2.07. The number of hydrogen-bond donors (Lipinski definition) is 1. The SMILES string of the molecule is Oc1c(-c2ccccc2)nc2ccnn2c1-c1ccccc1. The molecular formula is C18H13N3O. The third kappa shape index (κ3) is 1.93. The molecule has 4 aromatic rings. The zero-order chi connectivity index (χ0) is 14.9. The average Bonchev–Trinajstić information content (AvgIpc) is 3.04. The van der Waals surface area contributed by atoms with E-state index < -0.39 is 0 Å². The highest BCUT2D eigenvalue weighted by atomic mass is 16.3. The van der Waals surface area contributed by atoms with E-state index in [1.54, 1.807) is 10.7 Å². The van der Waals surface area contributed by atoms with E-state index in [1.807, 2.05) is 66.7 Å². The van der Waals surface area contributed by atoms with Crippen molar-refractivity contribution in [3.8, 4) is 28.3 Å². The van der Waals surface area contributed by atoms with E-state index in [2.05, 4.69) is 10.1 Å².